The van der Waals surface area contributed by atoms with Crippen LogP contribution in [0.25, 0.3) is 0 Å². The van der Waals surface area contributed by atoms with E-state index in [1.807, 2.05) is 13.1 Å². The van der Waals surface area contributed by atoms with Crippen molar-refractivity contribution in [1.29, 1.82) is 0 Å². The Balaban J connectivity index is 1.32. The van der Waals surface area contributed by atoms with Gasteiger partial charge < -0.3 is 14.8 Å². The summed E-state index contributed by atoms with van der Waals surface area (Å²) in [6.07, 6.45) is 9.69. The molecule has 3 fully saturated rings. The number of nitrogens with zero attached hydrogens (tertiary/aromatic N) is 3. The van der Waals surface area contributed by atoms with Crippen LogP contribution in [0.1, 0.15) is 49.9 Å². The van der Waals surface area contributed by atoms with E-state index in [2.05, 4.69) is 20.2 Å². The lowest BCUT2D eigenvalue weighted by molar-refractivity contribution is -0.131. The molecule has 7 nitrogen and oxygen atoms in total. The highest BCUT2D eigenvalue weighted by Gasteiger charge is 2.47. The number of ether oxygens (including phenoxy) is 2. The second-order valence-corrected chi connectivity index (χ2v) is 8.24. The van der Waals surface area contributed by atoms with E-state index in [4.69, 9.17) is 9.47 Å². The minimum absolute atomic E-state index is 0.0315. The molecule has 1 N–H and O–H groups in total. The molecule has 4 rings (SSSR count). The molecule has 0 bridgehead atoms. The maximum Gasteiger partial charge on any atom is 0.249 e. The number of hydrogen-bond acceptors (Lipinski definition) is 6. The fourth-order valence-corrected chi connectivity index (χ4v) is 4.51. The van der Waals surface area contributed by atoms with Crippen LogP contribution in [-0.4, -0.2) is 64.8 Å². The molecule has 2 saturated heterocycles. The van der Waals surface area contributed by atoms with Gasteiger partial charge in [0, 0.05) is 44.5 Å². The molecule has 0 radical (unpaired) electrons. The summed E-state index contributed by atoms with van der Waals surface area (Å²) in [4.78, 5) is 23.7. The topological polar surface area (TPSA) is 76.6 Å². The number of carbonyl (C=O) groups is 1. The van der Waals surface area contributed by atoms with Crippen molar-refractivity contribution < 1.29 is 14.3 Å². The van der Waals surface area contributed by atoms with Crippen LogP contribution in [0.5, 0.6) is 0 Å². The molecular weight excluding hydrogens is 344 g/mol. The van der Waals surface area contributed by atoms with Crippen LogP contribution < -0.4 is 5.32 Å². The Morgan fingerprint density at radius 2 is 2.19 bits per heavy atom. The van der Waals surface area contributed by atoms with Gasteiger partial charge in [-0.05, 0) is 19.8 Å². The van der Waals surface area contributed by atoms with Crippen LogP contribution in [-0.2, 0) is 20.8 Å². The molecule has 2 unspecified atom stereocenters. The summed E-state index contributed by atoms with van der Waals surface area (Å²) in [6.45, 7) is 5.45. The molecule has 0 aromatic carbocycles. The first-order chi connectivity index (χ1) is 13.1. The average molecular weight is 374 g/mol. The van der Waals surface area contributed by atoms with Gasteiger partial charge in [0.25, 0.3) is 0 Å². The number of hydrogen-bond donors (Lipinski definition) is 1. The maximum atomic E-state index is 12.6. The second-order valence-electron chi connectivity index (χ2n) is 8.24. The van der Waals surface area contributed by atoms with Crippen molar-refractivity contribution >= 4 is 5.91 Å². The Hall–Kier alpha value is -1.57. The van der Waals surface area contributed by atoms with E-state index in [1.54, 1.807) is 6.20 Å². The SMILES string of the molecule is Cc1cncc(CN2CCOC3(COC(C(=O)NC4CCCCC4)C3)C2)n1. The highest BCUT2D eigenvalue weighted by molar-refractivity contribution is 5.81. The van der Waals surface area contributed by atoms with E-state index >= 15 is 0 Å². The van der Waals surface area contributed by atoms with Gasteiger partial charge in [0.15, 0.2) is 0 Å². The fraction of sp³-hybridized carbons (Fsp3) is 0.750. The Labute approximate surface area is 160 Å². The average Bonchev–Trinajstić information content (AvgIpc) is 3.06. The minimum Gasteiger partial charge on any atom is -0.370 e. The fourth-order valence-electron chi connectivity index (χ4n) is 4.51. The Morgan fingerprint density at radius 3 is 3.00 bits per heavy atom. The normalized spacial score (nSPS) is 29.9. The summed E-state index contributed by atoms with van der Waals surface area (Å²) in [5.74, 6) is 0.0315. The van der Waals surface area contributed by atoms with E-state index in [-0.39, 0.29) is 11.5 Å². The zero-order valence-corrected chi connectivity index (χ0v) is 16.2. The van der Waals surface area contributed by atoms with Gasteiger partial charge in [0.1, 0.15) is 11.7 Å². The molecule has 1 spiro atoms. The largest absolute Gasteiger partial charge is 0.370 e. The van der Waals surface area contributed by atoms with Gasteiger partial charge in [0.2, 0.25) is 5.91 Å². The van der Waals surface area contributed by atoms with Crippen LogP contribution in [0.2, 0.25) is 0 Å². The van der Waals surface area contributed by atoms with Crippen molar-refractivity contribution in [2.75, 3.05) is 26.3 Å². The van der Waals surface area contributed by atoms with Gasteiger partial charge in [-0.2, -0.15) is 0 Å². The molecule has 27 heavy (non-hydrogen) atoms. The van der Waals surface area contributed by atoms with Gasteiger partial charge in [-0.1, -0.05) is 19.3 Å². The smallest absolute Gasteiger partial charge is 0.249 e. The zero-order chi connectivity index (χ0) is 18.7. The molecule has 1 aliphatic carbocycles. The molecule has 3 heterocycles. The Morgan fingerprint density at radius 1 is 1.33 bits per heavy atom. The van der Waals surface area contributed by atoms with Crippen LogP contribution in [0.3, 0.4) is 0 Å². The summed E-state index contributed by atoms with van der Waals surface area (Å²) >= 11 is 0. The highest BCUT2D eigenvalue weighted by Crippen LogP contribution is 2.32. The number of nitrogens with one attached hydrogen (secondary N) is 1. The summed E-state index contributed by atoms with van der Waals surface area (Å²) in [5.41, 5.74) is 1.51. The molecular formula is C20H30N4O3. The molecule has 148 valence electrons. The number of amides is 1. The third-order valence-electron chi connectivity index (χ3n) is 5.87. The third kappa shape index (κ3) is 4.65. The maximum absolute atomic E-state index is 12.6. The van der Waals surface area contributed by atoms with E-state index in [0.29, 0.717) is 25.7 Å². The lowest BCUT2D eigenvalue weighted by atomic mass is 9.94. The van der Waals surface area contributed by atoms with E-state index in [1.165, 1.54) is 19.3 Å². The third-order valence-corrected chi connectivity index (χ3v) is 5.87. The van der Waals surface area contributed by atoms with Gasteiger partial charge >= 0.3 is 0 Å². The van der Waals surface area contributed by atoms with Crippen molar-refractivity contribution in [3.63, 3.8) is 0 Å². The number of rotatable bonds is 4. The molecule has 1 amide bonds. The molecule has 1 aromatic rings. The standard InChI is InChI=1S/C20H30N4O3/c1-15-10-21-11-17(22-15)12-24-7-8-27-20(13-24)9-18(26-14-20)19(25)23-16-5-3-2-4-6-16/h10-11,16,18H,2-9,12-14H2,1H3,(H,23,25). The molecule has 1 aromatic heterocycles. The Kier molecular flexibility index (Phi) is 5.71. The van der Waals surface area contributed by atoms with Crippen LogP contribution in [0.15, 0.2) is 12.4 Å². The number of carbonyl (C=O) groups excluding carboxylic acids is 1. The summed E-state index contributed by atoms with van der Waals surface area (Å²) in [7, 11) is 0. The number of aromatic nitrogens is 2. The minimum atomic E-state index is -0.398. The van der Waals surface area contributed by atoms with Crippen molar-refractivity contribution in [2.24, 2.45) is 0 Å². The van der Waals surface area contributed by atoms with Gasteiger partial charge in [-0.3, -0.25) is 19.7 Å². The summed E-state index contributed by atoms with van der Waals surface area (Å²) in [6, 6.07) is 0.315. The number of aryl methyl sites for hydroxylation is 1. The van der Waals surface area contributed by atoms with E-state index < -0.39 is 6.10 Å². The first-order valence-corrected chi connectivity index (χ1v) is 10.2. The molecule has 1 saturated carbocycles. The lowest BCUT2D eigenvalue weighted by Gasteiger charge is -2.39. The van der Waals surface area contributed by atoms with Crippen molar-refractivity contribution in [3.05, 3.63) is 23.8 Å². The quantitative estimate of drug-likeness (QED) is 0.863. The van der Waals surface area contributed by atoms with Crippen molar-refractivity contribution in [2.45, 2.75) is 69.7 Å². The van der Waals surface area contributed by atoms with E-state index in [0.717, 1.165) is 43.9 Å². The van der Waals surface area contributed by atoms with E-state index in [9.17, 15) is 4.79 Å². The first kappa shape index (κ1) is 18.8. The predicted molar refractivity (Wildman–Crippen MR) is 100 cm³/mol. The van der Waals surface area contributed by atoms with Crippen molar-refractivity contribution in [1.82, 2.24) is 20.2 Å². The molecule has 7 heteroatoms. The molecule has 2 aliphatic heterocycles. The molecule has 2 atom stereocenters. The Bertz CT molecular complexity index is 664. The lowest BCUT2D eigenvalue weighted by Crippen LogP contribution is -2.52. The second kappa shape index (κ2) is 8.20. The highest BCUT2D eigenvalue weighted by atomic mass is 16.6. The summed E-state index contributed by atoms with van der Waals surface area (Å²) < 4.78 is 12.0. The van der Waals surface area contributed by atoms with Crippen LogP contribution in [0.4, 0.5) is 0 Å². The van der Waals surface area contributed by atoms with Crippen LogP contribution in [0, 0.1) is 6.92 Å². The van der Waals surface area contributed by atoms with Gasteiger partial charge in [0.05, 0.1) is 24.6 Å². The predicted octanol–water partition coefficient (Wildman–Crippen LogP) is 1.59. The summed E-state index contributed by atoms with van der Waals surface area (Å²) in [5, 5.41) is 3.19. The van der Waals surface area contributed by atoms with Gasteiger partial charge in [-0.15, -0.1) is 0 Å². The van der Waals surface area contributed by atoms with Crippen LogP contribution >= 0.6 is 0 Å². The molecule has 3 aliphatic rings. The van der Waals surface area contributed by atoms with Gasteiger partial charge in [-0.25, -0.2) is 0 Å². The zero-order valence-electron chi connectivity index (χ0n) is 16.2. The number of morpholine rings is 1. The first-order valence-electron chi connectivity index (χ1n) is 10.2. The van der Waals surface area contributed by atoms with Crippen molar-refractivity contribution in [3.8, 4) is 0 Å². The monoisotopic (exact) mass is 374 g/mol.